The summed E-state index contributed by atoms with van der Waals surface area (Å²) in [5.41, 5.74) is 2.49. The van der Waals surface area contributed by atoms with Gasteiger partial charge in [-0.1, -0.05) is 45.7 Å². The molecule has 0 saturated heterocycles. The lowest BCUT2D eigenvalue weighted by Crippen LogP contribution is -2.06. The van der Waals surface area contributed by atoms with Crippen LogP contribution in [-0.2, 0) is 0 Å². The normalized spacial score (nSPS) is 13.5. The van der Waals surface area contributed by atoms with Crippen LogP contribution in [0.4, 0.5) is 0 Å². The third kappa shape index (κ3) is 3.32. The number of ether oxygens (including phenoxy) is 1. The standard InChI is InChI=1S/C18H12BrClO2/c19-16-4-2-1-3-15(16)17(21)7-5-12-9-13-10-14(20)6-8-18(13)22-11-12/h1-10H,11H2/b7-5+. The molecular formula is C18H12BrClO2. The summed E-state index contributed by atoms with van der Waals surface area (Å²) in [6, 6.07) is 12.8. The van der Waals surface area contributed by atoms with Crippen LogP contribution < -0.4 is 4.74 Å². The molecule has 0 atom stereocenters. The van der Waals surface area contributed by atoms with Crippen LogP contribution in [0.5, 0.6) is 5.75 Å². The Morgan fingerprint density at radius 2 is 2.05 bits per heavy atom. The van der Waals surface area contributed by atoms with Gasteiger partial charge in [0.25, 0.3) is 0 Å². The smallest absolute Gasteiger partial charge is 0.186 e. The number of allylic oxidation sites excluding steroid dienone is 1. The fourth-order valence-corrected chi connectivity index (χ4v) is 2.86. The zero-order chi connectivity index (χ0) is 15.5. The number of hydrogen-bond donors (Lipinski definition) is 0. The zero-order valence-corrected chi connectivity index (χ0v) is 13.9. The molecule has 0 fully saturated rings. The summed E-state index contributed by atoms with van der Waals surface area (Å²) in [4.78, 5) is 12.2. The van der Waals surface area contributed by atoms with Crippen LogP contribution in [0.1, 0.15) is 15.9 Å². The maximum atomic E-state index is 12.2. The van der Waals surface area contributed by atoms with E-state index in [1.807, 2.05) is 36.4 Å². The van der Waals surface area contributed by atoms with Crippen LogP contribution >= 0.6 is 27.5 Å². The molecule has 2 aromatic carbocycles. The van der Waals surface area contributed by atoms with E-state index < -0.39 is 0 Å². The van der Waals surface area contributed by atoms with Gasteiger partial charge in [0.05, 0.1) is 0 Å². The molecule has 2 nitrogen and oxygen atoms in total. The number of benzene rings is 2. The van der Waals surface area contributed by atoms with E-state index in [0.717, 1.165) is 21.4 Å². The molecule has 0 saturated carbocycles. The van der Waals surface area contributed by atoms with Crippen molar-refractivity contribution in [1.82, 2.24) is 0 Å². The highest BCUT2D eigenvalue weighted by molar-refractivity contribution is 9.10. The van der Waals surface area contributed by atoms with Gasteiger partial charge in [-0.05, 0) is 48.1 Å². The first-order valence-corrected chi connectivity index (χ1v) is 7.90. The van der Waals surface area contributed by atoms with Crippen LogP contribution in [0.15, 0.2) is 64.7 Å². The number of halogens is 2. The Morgan fingerprint density at radius 1 is 1.23 bits per heavy atom. The summed E-state index contributed by atoms with van der Waals surface area (Å²) in [6.07, 6.45) is 5.32. The molecule has 1 heterocycles. The van der Waals surface area contributed by atoms with E-state index in [-0.39, 0.29) is 5.78 Å². The molecule has 110 valence electrons. The summed E-state index contributed by atoms with van der Waals surface area (Å²) in [5, 5.41) is 0.660. The molecule has 2 aromatic rings. The number of hydrogen-bond acceptors (Lipinski definition) is 2. The van der Waals surface area contributed by atoms with Crippen molar-refractivity contribution < 1.29 is 9.53 Å². The highest BCUT2D eigenvalue weighted by atomic mass is 79.9. The molecule has 0 radical (unpaired) electrons. The Morgan fingerprint density at radius 3 is 2.86 bits per heavy atom. The molecular weight excluding hydrogens is 364 g/mol. The van der Waals surface area contributed by atoms with Crippen molar-refractivity contribution >= 4 is 39.4 Å². The van der Waals surface area contributed by atoms with Crippen LogP contribution in [0.25, 0.3) is 6.08 Å². The molecule has 3 rings (SSSR count). The number of carbonyl (C=O) groups is 1. The Hall–Kier alpha value is -1.84. The van der Waals surface area contributed by atoms with Gasteiger partial charge in [0.1, 0.15) is 12.4 Å². The van der Waals surface area contributed by atoms with Gasteiger partial charge < -0.3 is 4.74 Å². The zero-order valence-electron chi connectivity index (χ0n) is 11.6. The van der Waals surface area contributed by atoms with Gasteiger partial charge in [-0.25, -0.2) is 0 Å². The Labute approximate surface area is 142 Å². The molecule has 22 heavy (non-hydrogen) atoms. The van der Waals surface area contributed by atoms with E-state index >= 15 is 0 Å². The van der Waals surface area contributed by atoms with Crippen molar-refractivity contribution in [3.8, 4) is 5.75 Å². The van der Waals surface area contributed by atoms with Gasteiger partial charge in [0, 0.05) is 20.6 Å². The lowest BCUT2D eigenvalue weighted by molar-refractivity contribution is 0.104. The van der Waals surface area contributed by atoms with Crippen molar-refractivity contribution in [2.24, 2.45) is 0 Å². The van der Waals surface area contributed by atoms with Crippen molar-refractivity contribution in [2.45, 2.75) is 0 Å². The van der Waals surface area contributed by atoms with Crippen molar-refractivity contribution in [3.63, 3.8) is 0 Å². The predicted molar refractivity (Wildman–Crippen MR) is 92.5 cm³/mol. The second kappa shape index (κ2) is 6.51. The van der Waals surface area contributed by atoms with Crippen molar-refractivity contribution in [1.29, 1.82) is 0 Å². The highest BCUT2D eigenvalue weighted by Crippen LogP contribution is 2.29. The van der Waals surface area contributed by atoms with E-state index in [1.54, 1.807) is 24.3 Å². The summed E-state index contributed by atoms with van der Waals surface area (Å²) < 4.78 is 6.44. The van der Waals surface area contributed by atoms with Crippen LogP contribution in [0.2, 0.25) is 5.02 Å². The third-order valence-electron chi connectivity index (χ3n) is 3.30. The minimum absolute atomic E-state index is 0.0507. The SMILES string of the molecule is O=C(/C=C/C1=Cc2cc(Cl)ccc2OC1)c1ccccc1Br. The Balaban J connectivity index is 1.82. The van der Waals surface area contributed by atoms with Crippen LogP contribution in [0.3, 0.4) is 0 Å². The molecule has 0 N–H and O–H groups in total. The molecule has 0 bridgehead atoms. The average molecular weight is 376 g/mol. The predicted octanol–water partition coefficient (Wildman–Crippen LogP) is 5.32. The van der Waals surface area contributed by atoms with E-state index in [0.29, 0.717) is 17.2 Å². The first-order valence-electron chi connectivity index (χ1n) is 6.73. The summed E-state index contributed by atoms with van der Waals surface area (Å²) in [5.74, 6) is 0.754. The van der Waals surface area contributed by atoms with Gasteiger partial charge in [-0.3, -0.25) is 4.79 Å². The molecule has 1 aliphatic rings. The fourth-order valence-electron chi connectivity index (χ4n) is 2.20. The fraction of sp³-hybridized carbons (Fsp3) is 0.0556. The molecule has 1 aliphatic heterocycles. The van der Waals surface area contributed by atoms with E-state index in [2.05, 4.69) is 15.9 Å². The van der Waals surface area contributed by atoms with Gasteiger partial charge in [-0.2, -0.15) is 0 Å². The number of ketones is 1. The molecule has 0 spiro atoms. The molecule has 0 unspecified atom stereocenters. The monoisotopic (exact) mass is 374 g/mol. The summed E-state index contributed by atoms with van der Waals surface area (Å²) >= 11 is 9.37. The van der Waals surface area contributed by atoms with E-state index in [1.165, 1.54) is 0 Å². The minimum atomic E-state index is -0.0507. The van der Waals surface area contributed by atoms with Crippen LogP contribution in [0, 0.1) is 0 Å². The quantitative estimate of drug-likeness (QED) is 0.536. The second-order valence-corrected chi connectivity index (χ2v) is 6.16. The average Bonchev–Trinajstić information content (AvgIpc) is 2.52. The summed E-state index contributed by atoms with van der Waals surface area (Å²) in [7, 11) is 0. The molecule has 0 aliphatic carbocycles. The van der Waals surface area contributed by atoms with Gasteiger partial charge in [-0.15, -0.1) is 0 Å². The number of fused-ring (bicyclic) bond motifs is 1. The van der Waals surface area contributed by atoms with E-state index in [4.69, 9.17) is 16.3 Å². The van der Waals surface area contributed by atoms with Crippen LogP contribution in [-0.4, -0.2) is 12.4 Å². The maximum Gasteiger partial charge on any atom is 0.186 e. The van der Waals surface area contributed by atoms with Gasteiger partial charge in [0.15, 0.2) is 5.78 Å². The molecule has 4 heteroatoms. The minimum Gasteiger partial charge on any atom is -0.488 e. The van der Waals surface area contributed by atoms with Gasteiger partial charge >= 0.3 is 0 Å². The Bertz CT molecular complexity index is 793. The Kier molecular flexibility index (Phi) is 4.46. The van der Waals surface area contributed by atoms with E-state index in [9.17, 15) is 4.79 Å². The second-order valence-electron chi connectivity index (χ2n) is 4.87. The molecule has 0 amide bonds. The van der Waals surface area contributed by atoms with Crippen molar-refractivity contribution in [3.05, 3.63) is 80.8 Å². The van der Waals surface area contributed by atoms with Crippen molar-refractivity contribution in [2.75, 3.05) is 6.61 Å². The highest BCUT2D eigenvalue weighted by Gasteiger charge is 2.11. The first kappa shape index (κ1) is 15.1. The molecule has 0 aromatic heterocycles. The lowest BCUT2D eigenvalue weighted by atomic mass is 10.1. The topological polar surface area (TPSA) is 26.3 Å². The third-order valence-corrected chi connectivity index (χ3v) is 4.22. The largest absolute Gasteiger partial charge is 0.488 e. The number of rotatable bonds is 3. The summed E-state index contributed by atoms with van der Waals surface area (Å²) in [6.45, 7) is 0.439. The maximum absolute atomic E-state index is 12.2. The van der Waals surface area contributed by atoms with Gasteiger partial charge in [0.2, 0.25) is 0 Å². The first-order chi connectivity index (χ1) is 10.6. The lowest BCUT2D eigenvalue weighted by Gasteiger charge is -2.16. The number of carbonyl (C=O) groups excluding carboxylic acids is 1.